The number of pyridine rings is 1. The van der Waals surface area contributed by atoms with Crippen LogP contribution in [0.2, 0.25) is 0 Å². The Morgan fingerprint density at radius 2 is 1.78 bits per heavy atom. The maximum atomic E-state index is 12.4. The number of aromatic nitrogens is 1. The van der Waals surface area contributed by atoms with Crippen LogP contribution in [0.1, 0.15) is 34.9 Å². The largest absolute Gasteiger partial charge is 0.352 e. The highest BCUT2D eigenvalue weighted by molar-refractivity contribution is 5.92. The first-order valence-electron chi connectivity index (χ1n) is 7.56. The molecule has 118 valence electrons. The summed E-state index contributed by atoms with van der Waals surface area (Å²) >= 11 is 0. The number of carbonyl (C=O) groups is 2. The molecule has 6 nitrogen and oxygen atoms in total. The van der Waals surface area contributed by atoms with Gasteiger partial charge in [0.05, 0.1) is 0 Å². The van der Waals surface area contributed by atoms with Crippen molar-refractivity contribution in [2.75, 3.05) is 0 Å². The van der Waals surface area contributed by atoms with Gasteiger partial charge >= 0.3 is 0 Å². The minimum Gasteiger partial charge on any atom is -0.352 e. The number of carbonyl (C=O) groups excluding carboxylic acids is 2. The second-order valence-electron chi connectivity index (χ2n) is 5.44. The summed E-state index contributed by atoms with van der Waals surface area (Å²) in [6.45, 7) is 0. The summed E-state index contributed by atoms with van der Waals surface area (Å²) in [4.78, 5) is 28.5. The van der Waals surface area contributed by atoms with Crippen molar-refractivity contribution in [3.05, 3.63) is 66.0 Å². The van der Waals surface area contributed by atoms with Crippen LogP contribution in [0.5, 0.6) is 0 Å². The molecule has 0 unspecified atom stereocenters. The number of hydrazine groups is 1. The highest BCUT2D eigenvalue weighted by Gasteiger charge is 2.28. The number of hydrogen-bond acceptors (Lipinski definition) is 4. The van der Waals surface area contributed by atoms with Gasteiger partial charge in [-0.2, -0.15) is 0 Å². The minimum absolute atomic E-state index is 0.153. The molecule has 1 heterocycles. The number of benzene rings is 1. The molecule has 1 aromatic carbocycles. The van der Waals surface area contributed by atoms with E-state index in [9.17, 15) is 9.59 Å². The standard InChI is InChI=1S/C17H18N4O2/c22-16(14-8-4-5-11-18-14)21-20-15(12-6-2-1-3-7-12)17(23)19-13-9-10-13/h1-8,11,13,15,20H,9-10H2,(H,19,23)(H,21,22)/t15-/m0/s1. The molecule has 0 spiro atoms. The van der Waals surface area contributed by atoms with E-state index in [4.69, 9.17) is 0 Å². The third-order valence-electron chi connectivity index (χ3n) is 3.55. The highest BCUT2D eigenvalue weighted by atomic mass is 16.2. The lowest BCUT2D eigenvalue weighted by molar-refractivity contribution is -0.123. The summed E-state index contributed by atoms with van der Waals surface area (Å²) in [7, 11) is 0. The first-order valence-corrected chi connectivity index (χ1v) is 7.56. The van der Waals surface area contributed by atoms with Crippen LogP contribution < -0.4 is 16.2 Å². The minimum atomic E-state index is -0.649. The second-order valence-corrected chi connectivity index (χ2v) is 5.44. The zero-order chi connectivity index (χ0) is 16.1. The van der Waals surface area contributed by atoms with Crippen LogP contribution in [-0.2, 0) is 4.79 Å². The summed E-state index contributed by atoms with van der Waals surface area (Å²) in [5.41, 5.74) is 6.45. The molecule has 1 fully saturated rings. The van der Waals surface area contributed by atoms with E-state index in [2.05, 4.69) is 21.2 Å². The Morgan fingerprint density at radius 3 is 2.43 bits per heavy atom. The lowest BCUT2D eigenvalue weighted by Crippen LogP contribution is -2.47. The van der Waals surface area contributed by atoms with E-state index in [0.717, 1.165) is 18.4 Å². The molecule has 3 N–H and O–H groups in total. The van der Waals surface area contributed by atoms with E-state index >= 15 is 0 Å². The predicted molar refractivity (Wildman–Crippen MR) is 85.2 cm³/mol. The van der Waals surface area contributed by atoms with Crippen LogP contribution in [0, 0.1) is 0 Å². The molecular formula is C17H18N4O2. The van der Waals surface area contributed by atoms with Crippen LogP contribution >= 0.6 is 0 Å². The number of nitrogens with zero attached hydrogens (tertiary/aromatic N) is 1. The Hall–Kier alpha value is -2.73. The lowest BCUT2D eigenvalue weighted by atomic mass is 10.1. The van der Waals surface area contributed by atoms with Crippen LogP contribution in [0.4, 0.5) is 0 Å². The molecule has 0 aliphatic heterocycles. The van der Waals surface area contributed by atoms with Crippen LogP contribution in [0.25, 0.3) is 0 Å². The number of hydrogen-bond donors (Lipinski definition) is 3. The quantitative estimate of drug-likeness (QED) is 0.703. The molecular weight excluding hydrogens is 292 g/mol. The molecule has 3 rings (SSSR count). The molecule has 1 aliphatic carbocycles. The molecule has 0 bridgehead atoms. The molecule has 23 heavy (non-hydrogen) atoms. The van der Waals surface area contributed by atoms with Crippen molar-refractivity contribution in [3.8, 4) is 0 Å². The smallest absolute Gasteiger partial charge is 0.283 e. The van der Waals surface area contributed by atoms with E-state index in [0.29, 0.717) is 0 Å². The van der Waals surface area contributed by atoms with Crippen LogP contribution in [-0.4, -0.2) is 22.8 Å². The van der Waals surface area contributed by atoms with Crippen LogP contribution in [0.15, 0.2) is 54.7 Å². The summed E-state index contributed by atoms with van der Waals surface area (Å²) in [6.07, 6.45) is 3.56. The Balaban J connectivity index is 1.68. The van der Waals surface area contributed by atoms with E-state index < -0.39 is 6.04 Å². The van der Waals surface area contributed by atoms with Gasteiger partial charge < -0.3 is 5.32 Å². The van der Waals surface area contributed by atoms with Crippen molar-refractivity contribution in [1.82, 2.24) is 21.2 Å². The van der Waals surface area contributed by atoms with Gasteiger partial charge in [0.1, 0.15) is 11.7 Å². The summed E-state index contributed by atoms with van der Waals surface area (Å²) in [5.74, 6) is -0.536. The molecule has 1 atom stereocenters. The molecule has 0 radical (unpaired) electrons. The fourth-order valence-corrected chi connectivity index (χ4v) is 2.16. The Labute approximate surface area is 134 Å². The van der Waals surface area contributed by atoms with E-state index in [1.54, 1.807) is 24.4 Å². The number of nitrogens with one attached hydrogen (secondary N) is 3. The van der Waals surface area contributed by atoms with Crippen molar-refractivity contribution in [2.24, 2.45) is 0 Å². The molecule has 6 heteroatoms. The maximum Gasteiger partial charge on any atom is 0.283 e. The van der Waals surface area contributed by atoms with E-state index in [-0.39, 0.29) is 23.6 Å². The van der Waals surface area contributed by atoms with Gasteiger partial charge in [-0.1, -0.05) is 36.4 Å². The summed E-state index contributed by atoms with van der Waals surface area (Å²) < 4.78 is 0. The fourth-order valence-electron chi connectivity index (χ4n) is 2.16. The number of amides is 2. The maximum absolute atomic E-state index is 12.4. The van der Waals surface area contributed by atoms with Crippen LogP contribution in [0.3, 0.4) is 0 Å². The Morgan fingerprint density at radius 1 is 1.04 bits per heavy atom. The van der Waals surface area contributed by atoms with Crippen molar-refractivity contribution in [2.45, 2.75) is 24.9 Å². The summed E-state index contributed by atoms with van der Waals surface area (Å²) in [6, 6.07) is 14.0. The van der Waals surface area contributed by atoms with Gasteiger partial charge in [0.2, 0.25) is 5.91 Å². The third kappa shape index (κ3) is 4.14. The van der Waals surface area contributed by atoms with Gasteiger partial charge in [-0.15, -0.1) is 0 Å². The first kappa shape index (κ1) is 15.2. The van der Waals surface area contributed by atoms with Gasteiger partial charge in [-0.25, -0.2) is 5.43 Å². The van der Waals surface area contributed by atoms with Gasteiger partial charge in [0, 0.05) is 12.2 Å². The van der Waals surface area contributed by atoms with E-state index in [1.165, 1.54) is 0 Å². The average molecular weight is 310 g/mol. The summed E-state index contributed by atoms with van der Waals surface area (Å²) in [5, 5.41) is 2.95. The Bertz CT molecular complexity index is 672. The molecule has 1 aromatic heterocycles. The van der Waals surface area contributed by atoms with E-state index in [1.807, 2.05) is 30.3 Å². The predicted octanol–water partition coefficient (Wildman–Crippen LogP) is 1.34. The molecule has 0 saturated heterocycles. The lowest BCUT2D eigenvalue weighted by Gasteiger charge is -2.19. The second kappa shape index (κ2) is 7.02. The normalized spacial score (nSPS) is 14.8. The van der Waals surface area contributed by atoms with Crippen molar-refractivity contribution in [1.29, 1.82) is 0 Å². The Kier molecular flexibility index (Phi) is 4.63. The molecule has 2 amide bonds. The highest BCUT2D eigenvalue weighted by Crippen LogP contribution is 2.21. The average Bonchev–Trinajstić information content (AvgIpc) is 3.40. The fraction of sp³-hybridized carbons (Fsp3) is 0.235. The zero-order valence-corrected chi connectivity index (χ0v) is 12.5. The van der Waals surface area contributed by atoms with Crippen molar-refractivity contribution in [3.63, 3.8) is 0 Å². The number of rotatable bonds is 6. The van der Waals surface area contributed by atoms with Gasteiger partial charge in [-0.3, -0.25) is 20.0 Å². The molecule has 2 aromatic rings. The topological polar surface area (TPSA) is 83.1 Å². The SMILES string of the molecule is O=C(NN[C@H](C(=O)NC1CC1)c1ccccc1)c1ccccn1. The monoisotopic (exact) mass is 310 g/mol. The molecule has 1 aliphatic rings. The molecule has 1 saturated carbocycles. The van der Waals surface area contributed by atoms with Crippen molar-refractivity contribution < 1.29 is 9.59 Å². The van der Waals surface area contributed by atoms with Gasteiger partial charge in [0.25, 0.3) is 5.91 Å². The first-order chi connectivity index (χ1) is 11.2. The van der Waals surface area contributed by atoms with Gasteiger partial charge in [-0.05, 0) is 30.5 Å². The third-order valence-corrected chi connectivity index (χ3v) is 3.55. The van der Waals surface area contributed by atoms with Gasteiger partial charge in [0.15, 0.2) is 0 Å². The van der Waals surface area contributed by atoms with Crippen molar-refractivity contribution >= 4 is 11.8 Å². The zero-order valence-electron chi connectivity index (χ0n) is 12.5.